The van der Waals surface area contributed by atoms with Gasteiger partial charge in [0.1, 0.15) is 5.52 Å². The van der Waals surface area contributed by atoms with E-state index in [0.717, 1.165) is 36.5 Å². The molecule has 1 aliphatic heterocycles. The third-order valence-corrected chi connectivity index (χ3v) is 4.79. The molecule has 1 atom stereocenters. The molecule has 2 aromatic heterocycles. The van der Waals surface area contributed by atoms with Crippen LogP contribution in [0.1, 0.15) is 35.6 Å². The number of aryl methyl sites for hydroxylation is 1. The first kappa shape index (κ1) is 14.3. The summed E-state index contributed by atoms with van der Waals surface area (Å²) in [6.45, 7) is 5.40. The summed E-state index contributed by atoms with van der Waals surface area (Å²) in [4.78, 5) is 11.3. The number of nitrogens with zero attached hydrogens (tertiary/aromatic N) is 4. The van der Waals surface area contributed by atoms with Crippen LogP contribution in [0.4, 0.5) is 0 Å². The Kier molecular flexibility index (Phi) is 3.79. The SMILES string of the molecule is Cc1ccccc1CN1CCC[C@@H](c2[nH]nc3nccnc23)C1. The molecule has 0 spiro atoms. The van der Waals surface area contributed by atoms with Crippen LogP contribution in [-0.4, -0.2) is 38.2 Å². The molecule has 1 aliphatic rings. The minimum atomic E-state index is 0.453. The van der Waals surface area contributed by atoms with Gasteiger partial charge in [-0.05, 0) is 37.4 Å². The molecule has 1 saturated heterocycles. The van der Waals surface area contributed by atoms with E-state index in [1.807, 2.05) is 0 Å². The molecule has 3 heterocycles. The topological polar surface area (TPSA) is 57.7 Å². The molecule has 0 unspecified atom stereocenters. The third-order valence-electron chi connectivity index (χ3n) is 4.79. The number of likely N-dealkylation sites (tertiary alicyclic amines) is 1. The van der Waals surface area contributed by atoms with Crippen molar-refractivity contribution in [2.24, 2.45) is 0 Å². The second-order valence-corrected chi connectivity index (χ2v) is 6.37. The summed E-state index contributed by atoms with van der Waals surface area (Å²) < 4.78 is 0. The number of aromatic nitrogens is 4. The average Bonchev–Trinajstić information content (AvgIpc) is 3.01. The largest absolute Gasteiger partial charge is 0.298 e. The Balaban J connectivity index is 1.54. The Morgan fingerprint density at radius 3 is 3.00 bits per heavy atom. The monoisotopic (exact) mass is 307 g/mol. The number of hydrogen-bond donors (Lipinski definition) is 1. The Hall–Kier alpha value is -2.27. The van der Waals surface area contributed by atoms with E-state index in [0.29, 0.717) is 5.92 Å². The van der Waals surface area contributed by atoms with Crippen molar-refractivity contribution < 1.29 is 0 Å². The molecule has 0 amide bonds. The van der Waals surface area contributed by atoms with Crippen LogP contribution in [0.5, 0.6) is 0 Å². The summed E-state index contributed by atoms with van der Waals surface area (Å²) in [5.74, 6) is 0.453. The van der Waals surface area contributed by atoms with Crippen LogP contribution in [0.2, 0.25) is 0 Å². The van der Waals surface area contributed by atoms with Gasteiger partial charge in [-0.25, -0.2) is 9.97 Å². The van der Waals surface area contributed by atoms with Gasteiger partial charge in [0.25, 0.3) is 0 Å². The van der Waals surface area contributed by atoms with Crippen molar-refractivity contribution in [1.82, 2.24) is 25.1 Å². The van der Waals surface area contributed by atoms with Gasteiger partial charge in [-0.3, -0.25) is 10.00 Å². The highest BCUT2D eigenvalue weighted by Crippen LogP contribution is 2.29. The number of rotatable bonds is 3. The van der Waals surface area contributed by atoms with Gasteiger partial charge in [-0.15, -0.1) is 0 Å². The second-order valence-electron chi connectivity index (χ2n) is 6.37. The Morgan fingerprint density at radius 2 is 2.09 bits per heavy atom. The van der Waals surface area contributed by atoms with Crippen LogP contribution < -0.4 is 0 Å². The van der Waals surface area contributed by atoms with Crippen LogP contribution in [0.25, 0.3) is 11.2 Å². The van der Waals surface area contributed by atoms with Gasteiger partial charge in [0, 0.05) is 31.4 Å². The molecule has 1 aromatic carbocycles. The lowest BCUT2D eigenvalue weighted by Gasteiger charge is -2.32. The van der Waals surface area contributed by atoms with Crippen molar-refractivity contribution in [3.05, 3.63) is 53.5 Å². The summed E-state index contributed by atoms with van der Waals surface area (Å²) in [6, 6.07) is 8.65. The predicted octanol–water partition coefficient (Wildman–Crippen LogP) is 3.04. The van der Waals surface area contributed by atoms with E-state index in [1.165, 1.54) is 24.0 Å². The maximum Gasteiger partial charge on any atom is 0.199 e. The molecular formula is C18H21N5. The number of aromatic amines is 1. The lowest BCUT2D eigenvalue weighted by molar-refractivity contribution is 0.198. The van der Waals surface area contributed by atoms with Gasteiger partial charge in [0.2, 0.25) is 0 Å². The van der Waals surface area contributed by atoms with Gasteiger partial charge in [0.05, 0.1) is 5.69 Å². The average molecular weight is 307 g/mol. The molecule has 1 fully saturated rings. The molecule has 5 heteroatoms. The number of fused-ring (bicyclic) bond motifs is 1. The minimum Gasteiger partial charge on any atom is -0.298 e. The Morgan fingerprint density at radius 1 is 1.22 bits per heavy atom. The number of nitrogens with one attached hydrogen (secondary N) is 1. The van der Waals surface area contributed by atoms with E-state index in [-0.39, 0.29) is 0 Å². The molecule has 0 bridgehead atoms. The quantitative estimate of drug-likeness (QED) is 0.808. The molecule has 118 valence electrons. The fraction of sp³-hybridized carbons (Fsp3) is 0.389. The maximum absolute atomic E-state index is 4.46. The van der Waals surface area contributed by atoms with Crippen LogP contribution >= 0.6 is 0 Å². The highest BCUT2D eigenvalue weighted by molar-refractivity contribution is 5.72. The summed E-state index contributed by atoms with van der Waals surface area (Å²) in [5, 5.41) is 7.48. The third kappa shape index (κ3) is 2.84. The zero-order valence-electron chi connectivity index (χ0n) is 13.4. The molecule has 1 N–H and O–H groups in total. The normalized spacial score (nSPS) is 19.3. The van der Waals surface area contributed by atoms with Crippen molar-refractivity contribution >= 4 is 11.2 Å². The first-order valence-electron chi connectivity index (χ1n) is 8.23. The summed E-state index contributed by atoms with van der Waals surface area (Å²) in [7, 11) is 0. The molecule has 0 radical (unpaired) electrons. The van der Waals surface area contributed by atoms with Crippen molar-refractivity contribution in [3.8, 4) is 0 Å². The van der Waals surface area contributed by atoms with Crippen molar-refractivity contribution in [2.75, 3.05) is 13.1 Å². The molecule has 3 aromatic rings. The number of hydrogen-bond acceptors (Lipinski definition) is 4. The molecule has 0 aliphatic carbocycles. The molecule has 4 rings (SSSR count). The predicted molar refractivity (Wildman–Crippen MR) is 90.1 cm³/mol. The van der Waals surface area contributed by atoms with Gasteiger partial charge in [0.15, 0.2) is 5.65 Å². The van der Waals surface area contributed by atoms with Crippen LogP contribution in [-0.2, 0) is 6.54 Å². The highest BCUT2D eigenvalue weighted by atomic mass is 15.2. The van der Waals surface area contributed by atoms with E-state index >= 15 is 0 Å². The van der Waals surface area contributed by atoms with Crippen molar-refractivity contribution in [3.63, 3.8) is 0 Å². The van der Waals surface area contributed by atoms with Crippen molar-refractivity contribution in [1.29, 1.82) is 0 Å². The van der Waals surface area contributed by atoms with Gasteiger partial charge in [-0.2, -0.15) is 5.10 Å². The van der Waals surface area contributed by atoms with Crippen LogP contribution in [0.15, 0.2) is 36.7 Å². The van der Waals surface area contributed by atoms with E-state index in [4.69, 9.17) is 0 Å². The molecule has 0 saturated carbocycles. The molecule has 23 heavy (non-hydrogen) atoms. The Labute approximate surface area is 135 Å². The fourth-order valence-corrected chi connectivity index (χ4v) is 3.52. The zero-order chi connectivity index (χ0) is 15.6. The van der Waals surface area contributed by atoms with Gasteiger partial charge in [-0.1, -0.05) is 24.3 Å². The first-order valence-corrected chi connectivity index (χ1v) is 8.23. The van der Waals surface area contributed by atoms with Gasteiger partial charge < -0.3 is 0 Å². The lowest BCUT2D eigenvalue weighted by Crippen LogP contribution is -2.34. The van der Waals surface area contributed by atoms with Crippen LogP contribution in [0, 0.1) is 6.92 Å². The number of piperidine rings is 1. The molecular weight excluding hydrogens is 286 g/mol. The molecule has 5 nitrogen and oxygen atoms in total. The summed E-state index contributed by atoms with van der Waals surface area (Å²) in [5.41, 5.74) is 5.58. The van der Waals surface area contributed by atoms with Gasteiger partial charge >= 0.3 is 0 Å². The number of benzene rings is 1. The highest BCUT2D eigenvalue weighted by Gasteiger charge is 2.25. The smallest absolute Gasteiger partial charge is 0.199 e. The van der Waals surface area contributed by atoms with Crippen molar-refractivity contribution in [2.45, 2.75) is 32.2 Å². The Bertz CT molecular complexity index is 810. The standard InChI is InChI=1S/C18H21N5/c1-13-5-2-3-6-14(13)11-23-10-4-7-15(12-23)16-17-18(22-21-16)20-9-8-19-17/h2-3,5-6,8-9,15H,4,7,10-12H2,1H3,(H,20,21,22)/t15-/m1/s1. The van der Waals surface area contributed by atoms with E-state index < -0.39 is 0 Å². The number of H-pyrrole nitrogens is 1. The lowest BCUT2D eigenvalue weighted by atomic mass is 9.93. The second kappa shape index (κ2) is 6.08. The summed E-state index contributed by atoms with van der Waals surface area (Å²) in [6.07, 6.45) is 5.82. The van der Waals surface area contributed by atoms with E-state index in [9.17, 15) is 0 Å². The zero-order valence-corrected chi connectivity index (χ0v) is 13.4. The van der Waals surface area contributed by atoms with Crippen LogP contribution in [0.3, 0.4) is 0 Å². The maximum atomic E-state index is 4.46. The van der Waals surface area contributed by atoms with E-state index in [2.05, 4.69) is 56.3 Å². The first-order chi connectivity index (χ1) is 11.3. The summed E-state index contributed by atoms with van der Waals surface area (Å²) >= 11 is 0. The minimum absolute atomic E-state index is 0.453. The van der Waals surface area contributed by atoms with E-state index in [1.54, 1.807) is 12.4 Å². The fourth-order valence-electron chi connectivity index (χ4n) is 3.52.